The van der Waals surface area contributed by atoms with Crippen LogP contribution in [-0.4, -0.2) is 53.6 Å². The number of halogens is 2. The number of carbonyl (C=O) groups is 2. The Morgan fingerprint density at radius 2 is 1.82 bits per heavy atom. The van der Waals surface area contributed by atoms with Crippen molar-refractivity contribution in [1.29, 1.82) is 0 Å². The van der Waals surface area contributed by atoms with Crippen molar-refractivity contribution >= 4 is 50.9 Å². The lowest BCUT2D eigenvalue weighted by Gasteiger charge is -2.28. The van der Waals surface area contributed by atoms with Crippen molar-refractivity contribution in [3.63, 3.8) is 0 Å². The Labute approximate surface area is 227 Å². The molecule has 38 heavy (non-hydrogen) atoms. The second kappa shape index (κ2) is 11.1. The van der Waals surface area contributed by atoms with Crippen molar-refractivity contribution in [2.45, 2.75) is 24.2 Å². The van der Waals surface area contributed by atoms with Crippen molar-refractivity contribution in [3.05, 3.63) is 91.6 Å². The number of rotatable bonds is 8. The SMILES string of the molecule is NCc1cccc(CNC(=O)C2N(C(=O)c3ccc([N+](=O)[O-])o3)CCN2S(=O)(=O)c2ccc(Cl)c(Cl)c2)c1. The number of sulfonamides is 1. The van der Waals surface area contributed by atoms with E-state index in [2.05, 4.69) is 5.32 Å². The molecule has 2 aromatic carbocycles. The van der Waals surface area contributed by atoms with Crippen LogP contribution in [0.5, 0.6) is 0 Å². The molecule has 1 atom stereocenters. The van der Waals surface area contributed by atoms with Gasteiger partial charge in [0.05, 0.1) is 21.0 Å². The molecule has 1 aromatic heterocycles. The summed E-state index contributed by atoms with van der Waals surface area (Å²) >= 11 is 11.9. The molecule has 3 N–H and O–H groups in total. The molecule has 1 unspecified atom stereocenters. The minimum Gasteiger partial charge on any atom is -0.395 e. The average molecular weight is 582 g/mol. The summed E-state index contributed by atoms with van der Waals surface area (Å²) < 4.78 is 33.0. The fourth-order valence-corrected chi connectivity index (χ4v) is 5.88. The Hall–Kier alpha value is -3.49. The molecule has 0 saturated carbocycles. The highest BCUT2D eigenvalue weighted by molar-refractivity contribution is 7.89. The van der Waals surface area contributed by atoms with E-state index >= 15 is 0 Å². The molecule has 0 bridgehead atoms. The van der Waals surface area contributed by atoms with Crippen LogP contribution in [0, 0.1) is 10.1 Å². The lowest BCUT2D eigenvalue weighted by Crippen LogP contribution is -2.53. The number of benzene rings is 2. The number of hydrogen-bond donors (Lipinski definition) is 2. The van der Waals surface area contributed by atoms with E-state index in [0.29, 0.717) is 5.56 Å². The van der Waals surface area contributed by atoms with Crippen molar-refractivity contribution in [2.75, 3.05) is 13.1 Å². The Morgan fingerprint density at radius 1 is 1.08 bits per heavy atom. The summed E-state index contributed by atoms with van der Waals surface area (Å²) in [5, 5.41) is 13.8. The predicted octanol–water partition coefficient (Wildman–Crippen LogP) is 2.74. The van der Waals surface area contributed by atoms with E-state index in [1.807, 2.05) is 6.07 Å². The Bertz CT molecular complexity index is 1510. The van der Waals surface area contributed by atoms with Gasteiger partial charge in [-0.2, -0.15) is 4.31 Å². The van der Waals surface area contributed by atoms with E-state index in [4.69, 9.17) is 33.4 Å². The molecule has 15 heteroatoms. The van der Waals surface area contributed by atoms with E-state index in [-0.39, 0.29) is 41.1 Å². The van der Waals surface area contributed by atoms with Crippen LogP contribution in [0.4, 0.5) is 5.88 Å². The van der Waals surface area contributed by atoms with Gasteiger partial charge in [-0.3, -0.25) is 19.7 Å². The molecule has 0 aliphatic carbocycles. The fourth-order valence-electron chi connectivity index (χ4n) is 3.94. The van der Waals surface area contributed by atoms with Crippen LogP contribution in [0.25, 0.3) is 0 Å². The number of carbonyl (C=O) groups excluding carboxylic acids is 2. The normalized spacial score (nSPS) is 16.0. The molecule has 1 fully saturated rings. The molecule has 3 aromatic rings. The average Bonchev–Trinajstić information content (AvgIpc) is 3.57. The molecule has 0 radical (unpaired) electrons. The number of nitro groups is 1. The number of furan rings is 1. The van der Waals surface area contributed by atoms with Gasteiger partial charge in [0.1, 0.15) is 4.92 Å². The molecule has 0 spiro atoms. The topological polar surface area (TPSA) is 169 Å². The highest BCUT2D eigenvalue weighted by atomic mass is 35.5. The van der Waals surface area contributed by atoms with E-state index < -0.39 is 44.6 Å². The highest BCUT2D eigenvalue weighted by Crippen LogP contribution is 2.31. The Balaban J connectivity index is 1.67. The third-order valence-corrected chi connectivity index (χ3v) is 8.39. The van der Waals surface area contributed by atoms with E-state index in [9.17, 15) is 28.1 Å². The molecule has 200 valence electrons. The maximum atomic E-state index is 13.5. The van der Waals surface area contributed by atoms with E-state index in [0.717, 1.165) is 33.0 Å². The zero-order valence-corrected chi connectivity index (χ0v) is 21.9. The van der Waals surface area contributed by atoms with Crippen LogP contribution >= 0.6 is 23.2 Å². The van der Waals surface area contributed by atoms with Gasteiger partial charge in [0.25, 0.3) is 11.8 Å². The van der Waals surface area contributed by atoms with Gasteiger partial charge in [0.15, 0.2) is 11.9 Å². The third-order valence-electron chi connectivity index (χ3n) is 5.80. The van der Waals surface area contributed by atoms with E-state index in [1.54, 1.807) is 18.2 Å². The predicted molar refractivity (Wildman–Crippen MR) is 137 cm³/mol. The lowest BCUT2D eigenvalue weighted by molar-refractivity contribution is -0.402. The first-order chi connectivity index (χ1) is 18.0. The molecule has 1 aliphatic rings. The second-order valence-electron chi connectivity index (χ2n) is 8.20. The van der Waals surface area contributed by atoms with Gasteiger partial charge in [-0.1, -0.05) is 47.5 Å². The summed E-state index contributed by atoms with van der Waals surface area (Å²) in [4.78, 5) is 37.6. The van der Waals surface area contributed by atoms with Crippen molar-refractivity contribution in [1.82, 2.24) is 14.5 Å². The fraction of sp³-hybridized carbons (Fsp3) is 0.217. The van der Waals surface area contributed by atoms with E-state index in [1.165, 1.54) is 12.1 Å². The largest absolute Gasteiger partial charge is 0.433 e. The van der Waals surface area contributed by atoms with Crippen molar-refractivity contribution in [3.8, 4) is 0 Å². The van der Waals surface area contributed by atoms with Crippen LogP contribution in [0.2, 0.25) is 10.0 Å². The zero-order chi connectivity index (χ0) is 27.6. The molecule has 2 heterocycles. The first-order valence-electron chi connectivity index (χ1n) is 11.1. The second-order valence-corrected chi connectivity index (χ2v) is 10.9. The maximum Gasteiger partial charge on any atom is 0.433 e. The molecule has 4 rings (SSSR count). The number of nitrogens with one attached hydrogen (secondary N) is 1. The number of amides is 2. The minimum absolute atomic E-state index is 0.0106. The highest BCUT2D eigenvalue weighted by Gasteiger charge is 2.47. The number of nitrogens with two attached hydrogens (primary N) is 1. The quantitative estimate of drug-likeness (QED) is 0.302. The molecular weight excluding hydrogens is 561 g/mol. The zero-order valence-electron chi connectivity index (χ0n) is 19.5. The van der Waals surface area contributed by atoms with Gasteiger partial charge in [0, 0.05) is 26.2 Å². The molecule has 1 aliphatic heterocycles. The molecule has 12 nitrogen and oxygen atoms in total. The number of hydrogen-bond acceptors (Lipinski definition) is 8. The maximum absolute atomic E-state index is 13.5. The third kappa shape index (κ3) is 5.51. The van der Waals surface area contributed by atoms with Crippen LogP contribution in [0.1, 0.15) is 21.7 Å². The Kier molecular flexibility index (Phi) is 8.04. The van der Waals surface area contributed by atoms with Gasteiger partial charge in [-0.15, -0.1) is 0 Å². The van der Waals surface area contributed by atoms with Gasteiger partial charge < -0.3 is 20.4 Å². The van der Waals surface area contributed by atoms with Crippen LogP contribution in [-0.2, 0) is 27.9 Å². The van der Waals surface area contributed by atoms with Crippen LogP contribution in [0.3, 0.4) is 0 Å². The summed E-state index contributed by atoms with van der Waals surface area (Å²) in [6.07, 6.45) is -1.62. The standard InChI is InChI=1S/C23H21Cl2N5O7S/c24-17-5-4-16(11-18(17)25)38(35,36)29-9-8-28(23(32)19-6-7-20(37-19)30(33)34)22(29)21(31)27-13-15-3-1-2-14(10-15)12-26/h1-7,10-11,22H,8-9,12-13,26H2,(H,27,31). The first kappa shape index (κ1) is 27.5. The van der Waals surface area contributed by atoms with Gasteiger partial charge >= 0.3 is 5.88 Å². The van der Waals surface area contributed by atoms with Crippen molar-refractivity contribution < 1.29 is 27.3 Å². The minimum atomic E-state index is -4.34. The van der Waals surface area contributed by atoms with Gasteiger partial charge in [-0.25, -0.2) is 8.42 Å². The summed E-state index contributed by atoms with van der Waals surface area (Å²) in [5.41, 5.74) is 7.21. The lowest BCUT2D eigenvalue weighted by atomic mass is 10.1. The number of nitrogens with zero attached hydrogens (tertiary/aromatic N) is 3. The van der Waals surface area contributed by atoms with Crippen LogP contribution in [0.15, 0.2) is 63.9 Å². The Morgan fingerprint density at radius 3 is 2.47 bits per heavy atom. The molecule has 1 saturated heterocycles. The smallest absolute Gasteiger partial charge is 0.395 e. The summed E-state index contributed by atoms with van der Waals surface area (Å²) in [6.45, 7) is -0.109. The summed E-state index contributed by atoms with van der Waals surface area (Å²) in [6, 6.07) is 12.9. The first-order valence-corrected chi connectivity index (χ1v) is 13.3. The summed E-state index contributed by atoms with van der Waals surface area (Å²) in [5.74, 6) is -2.78. The van der Waals surface area contributed by atoms with Gasteiger partial charge in [0.2, 0.25) is 10.0 Å². The van der Waals surface area contributed by atoms with Crippen molar-refractivity contribution in [2.24, 2.45) is 5.73 Å². The summed E-state index contributed by atoms with van der Waals surface area (Å²) in [7, 11) is -4.34. The monoisotopic (exact) mass is 581 g/mol. The van der Waals surface area contributed by atoms with Gasteiger partial charge in [-0.05, 0) is 35.4 Å². The molecular formula is C23H21Cl2N5O7S. The van der Waals surface area contributed by atoms with Crippen LogP contribution < -0.4 is 11.1 Å². The molecule has 2 amide bonds.